The quantitative estimate of drug-likeness (QED) is 0.620. The van der Waals surface area contributed by atoms with Crippen molar-refractivity contribution in [3.8, 4) is 0 Å². The second-order valence-electron chi connectivity index (χ2n) is 6.02. The van der Waals surface area contributed by atoms with Crippen LogP contribution in [0, 0.1) is 6.92 Å². The summed E-state index contributed by atoms with van der Waals surface area (Å²) in [5, 5.41) is 0. The smallest absolute Gasteiger partial charge is 0.363 e. The first-order valence-electron chi connectivity index (χ1n) is 7.72. The maximum atomic E-state index is 12.0. The Morgan fingerprint density at radius 1 is 1.00 bits per heavy atom. The van der Waals surface area contributed by atoms with Crippen LogP contribution in [0.4, 0.5) is 0 Å². The summed E-state index contributed by atoms with van der Waals surface area (Å²) in [7, 11) is 0. The zero-order valence-corrected chi connectivity index (χ0v) is 13.5. The van der Waals surface area contributed by atoms with Crippen LogP contribution in [0.5, 0.6) is 0 Å². The number of aryl methyl sites for hydroxylation is 1. The second kappa shape index (κ2) is 6.21. The molecule has 3 rings (SSSR count). The maximum absolute atomic E-state index is 12.0. The molecular formula is C20H19NO2. The Morgan fingerprint density at radius 2 is 1.65 bits per heavy atom. The van der Waals surface area contributed by atoms with Crippen LogP contribution in [0.15, 0.2) is 59.2 Å². The van der Waals surface area contributed by atoms with Gasteiger partial charge in [0.05, 0.1) is 0 Å². The van der Waals surface area contributed by atoms with E-state index in [4.69, 9.17) is 4.74 Å². The molecule has 1 aliphatic rings. The molecule has 23 heavy (non-hydrogen) atoms. The molecule has 0 fully saturated rings. The summed E-state index contributed by atoms with van der Waals surface area (Å²) in [5.41, 5.74) is 4.50. The highest BCUT2D eigenvalue weighted by molar-refractivity contribution is 6.12. The number of ether oxygens (including phenoxy) is 1. The van der Waals surface area contributed by atoms with Crippen molar-refractivity contribution in [2.24, 2.45) is 4.99 Å². The van der Waals surface area contributed by atoms with Gasteiger partial charge in [0.2, 0.25) is 5.90 Å². The summed E-state index contributed by atoms with van der Waals surface area (Å²) >= 11 is 0. The molecule has 0 N–H and O–H groups in total. The van der Waals surface area contributed by atoms with E-state index in [1.807, 2.05) is 43.3 Å². The van der Waals surface area contributed by atoms with Crippen molar-refractivity contribution in [1.82, 2.24) is 0 Å². The molecule has 0 aliphatic carbocycles. The Morgan fingerprint density at radius 3 is 2.26 bits per heavy atom. The fraction of sp³-hybridized carbons (Fsp3) is 0.200. The van der Waals surface area contributed by atoms with Crippen molar-refractivity contribution in [2.75, 3.05) is 0 Å². The Labute approximate surface area is 136 Å². The summed E-state index contributed by atoms with van der Waals surface area (Å²) in [6.45, 7) is 6.32. The van der Waals surface area contributed by atoms with Crippen molar-refractivity contribution in [2.45, 2.75) is 26.7 Å². The first-order valence-corrected chi connectivity index (χ1v) is 7.72. The van der Waals surface area contributed by atoms with Crippen LogP contribution in [0.1, 0.15) is 42.0 Å². The van der Waals surface area contributed by atoms with Crippen molar-refractivity contribution in [3.05, 3.63) is 76.5 Å². The Kier molecular flexibility index (Phi) is 4.11. The van der Waals surface area contributed by atoms with Crippen LogP contribution >= 0.6 is 0 Å². The van der Waals surface area contributed by atoms with E-state index in [1.54, 1.807) is 6.08 Å². The molecule has 0 atom stereocenters. The van der Waals surface area contributed by atoms with Crippen molar-refractivity contribution in [3.63, 3.8) is 0 Å². The minimum atomic E-state index is -0.409. The number of benzene rings is 2. The van der Waals surface area contributed by atoms with Gasteiger partial charge >= 0.3 is 5.97 Å². The van der Waals surface area contributed by atoms with E-state index in [9.17, 15) is 4.79 Å². The van der Waals surface area contributed by atoms with Crippen LogP contribution < -0.4 is 0 Å². The molecule has 0 saturated carbocycles. The molecule has 0 bridgehead atoms. The highest BCUT2D eigenvalue weighted by atomic mass is 16.6. The third kappa shape index (κ3) is 3.39. The molecule has 0 spiro atoms. The number of carbonyl (C=O) groups excluding carboxylic acids is 1. The van der Waals surface area contributed by atoms with Gasteiger partial charge in [-0.15, -0.1) is 0 Å². The zero-order valence-electron chi connectivity index (χ0n) is 13.5. The van der Waals surface area contributed by atoms with Gasteiger partial charge in [-0.25, -0.2) is 9.79 Å². The lowest BCUT2D eigenvalue weighted by molar-refractivity contribution is -0.129. The fourth-order valence-electron chi connectivity index (χ4n) is 2.36. The zero-order chi connectivity index (χ0) is 16.4. The fourth-order valence-corrected chi connectivity index (χ4v) is 2.36. The Balaban J connectivity index is 1.87. The average Bonchev–Trinajstić information content (AvgIpc) is 2.89. The lowest BCUT2D eigenvalue weighted by Gasteiger charge is -2.04. The number of hydrogen-bond donors (Lipinski definition) is 0. The highest BCUT2D eigenvalue weighted by Gasteiger charge is 2.23. The first-order chi connectivity index (χ1) is 11.0. The molecule has 3 heteroatoms. The van der Waals surface area contributed by atoms with Gasteiger partial charge in [-0.2, -0.15) is 0 Å². The van der Waals surface area contributed by atoms with Gasteiger partial charge in [0, 0.05) is 5.56 Å². The predicted octanol–water partition coefficient (Wildman–Crippen LogP) is 4.46. The summed E-state index contributed by atoms with van der Waals surface area (Å²) < 4.78 is 5.28. The maximum Gasteiger partial charge on any atom is 0.363 e. The third-order valence-electron chi connectivity index (χ3n) is 3.83. The second-order valence-corrected chi connectivity index (χ2v) is 6.02. The molecule has 0 amide bonds. The van der Waals surface area contributed by atoms with Crippen LogP contribution in [-0.2, 0) is 9.53 Å². The lowest BCUT2D eigenvalue weighted by atomic mass is 10.0. The molecule has 2 aromatic carbocycles. The molecule has 1 heterocycles. The third-order valence-corrected chi connectivity index (χ3v) is 3.83. The number of hydrogen-bond acceptors (Lipinski definition) is 3. The van der Waals surface area contributed by atoms with Gasteiger partial charge in [-0.05, 0) is 42.2 Å². The lowest BCUT2D eigenvalue weighted by Crippen LogP contribution is -2.05. The molecule has 3 nitrogen and oxygen atoms in total. The van der Waals surface area contributed by atoms with Crippen molar-refractivity contribution in [1.29, 1.82) is 0 Å². The Hall–Kier alpha value is -2.68. The van der Waals surface area contributed by atoms with E-state index in [2.05, 4.69) is 31.0 Å². The van der Waals surface area contributed by atoms with E-state index < -0.39 is 5.97 Å². The number of esters is 1. The van der Waals surface area contributed by atoms with Crippen molar-refractivity contribution < 1.29 is 9.53 Å². The van der Waals surface area contributed by atoms with Gasteiger partial charge in [0.25, 0.3) is 0 Å². The van der Waals surface area contributed by atoms with E-state index in [-0.39, 0.29) is 0 Å². The SMILES string of the molecule is Cc1ccc(C2=N/C(=C/c3ccc(C(C)C)cc3)C(=O)O2)cc1. The molecule has 2 aromatic rings. The van der Waals surface area contributed by atoms with Crippen molar-refractivity contribution >= 4 is 17.9 Å². The van der Waals surface area contributed by atoms with Gasteiger partial charge < -0.3 is 4.74 Å². The van der Waals surface area contributed by atoms with E-state index in [0.29, 0.717) is 17.5 Å². The van der Waals surface area contributed by atoms with Gasteiger partial charge in [0.1, 0.15) is 0 Å². The number of rotatable bonds is 3. The molecular weight excluding hydrogens is 286 g/mol. The topological polar surface area (TPSA) is 38.7 Å². The molecule has 0 aromatic heterocycles. The number of nitrogens with zero attached hydrogens (tertiary/aromatic N) is 1. The standard InChI is InChI=1S/C20H19NO2/c1-13(2)16-10-6-15(7-11-16)12-18-20(22)23-19(21-18)17-8-4-14(3)5-9-17/h4-13H,1-3H3/b18-12+. The van der Waals surface area contributed by atoms with E-state index in [0.717, 1.165) is 16.7 Å². The highest BCUT2D eigenvalue weighted by Crippen LogP contribution is 2.21. The summed E-state index contributed by atoms with van der Waals surface area (Å²) in [6.07, 6.45) is 1.76. The molecule has 116 valence electrons. The molecule has 0 unspecified atom stereocenters. The molecule has 0 radical (unpaired) electrons. The summed E-state index contributed by atoms with van der Waals surface area (Å²) in [5.74, 6) is 0.438. The molecule has 0 saturated heterocycles. The van der Waals surface area contributed by atoms with Crippen LogP contribution in [0.2, 0.25) is 0 Å². The monoisotopic (exact) mass is 305 g/mol. The number of aliphatic imine (C=N–C) groups is 1. The number of carbonyl (C=O) groups is 1. The van der Waals surface area contributed by atoms with Gasteiger partial charge in [-0.1, -0.05) is 55.8 Å². The summed E-state index contributed by atoms with van der Waals surface area (Å²) in [6, 6.07) is 15.9. The Bertz CT molecular complexity index is 781. The van der Waals surface area contributed by atoms with Gasteiger partial charge in [-0.3, -0.25) is 0 Å². The van der Waals surface area contributed by atoms with E-state index in [1.165, 1.54) is 5.56 Å². The van der Waals surface area contributed by atoms with Crippen LogP contribution in [0.25, 0.3) is 6.08 Å². The van der Waals surface area contributed by atoms with Gasteiger partial charge in [0.15, 0.2) is 5.70 Å². The molecule has 1 aliphatic heterocycles. The predicted molar refractivity (Wildman–Crippen MR) is 92.3 cm³/mol. The largest absolute Gasteiger partial charge is 0.402 e. The minimum absolute atomic E-state index is 0.331. The minimum Gasteiger partial charge on any atom is -0.402 e. The summed E-state index contributed by atoms with van der Waals surface area (Å²) in [4.78, 5) is 16.3. The van der Waals surface area contributed by atoms with E-state index >= 15 is 0 Å². The van der Waals surface area contributed by atoms with Crippen LogP contribution in [-0.4, -0.2) is 11.9 Å². The normalized spacial score (nSPS) is 15.9. The van der Waals surface area contributed by atoms with Crippen LogP contribution in [0.3, 0.4) is 0 Å². The first kappa shape index (κ1) is 15.2. The number of cyclic esters (lactones) is 1. The average molecular weight is 305 g/mol.